The number of rotatable bonds is 8. The van der Waals surface area contributed by atoms with Crippen LogP contribution in [0.15, 0.2) is 30.3 Å². The van der Waals surface area contributed by atoms with E-state index in [-0.39, 0.29) is 5.91 Å². The molecule has 0 aromatic heterocycles. The normalized spacial score (nSPS) is 12.4. The molecule has 19 heavy (non-hydrogen) atoms. The molecular formula is C16H26N2O. The van der Waals surface area contributed by atoms with Crippen molar-refractivity contribution >= 4 is 5.91 Å². The number of hydrogen-bond donors (Lipinski definition) is 2. The maximum atomic E-state index is 11.7. The lowest BCUT2D eigenvalue weighted by atomic mass is 10.0. The zero-order valence-corrected chi connectivity index (χ0v) is 12.3. The number of benzene rings is 1. The minimum Gasteiger partial charge on any atom is -0.356 e. The van der Waals surface area contributed by atoms with Gasteiger partial charge in [-0.2, -0.15) is 0 Å². The Hall–Kier alpha value is -1.35. The lowest BCUT2D eigenvalue weighted by molar-refractivity contribution is -0.121. The topological polar surface area (TPSA) is 41.1 Å². The van der Waals surface area contributed by atoms with Crippen molar-refractivity contribution in [2.75, 3.05) is 13.1 Å². The van der Waals surface area contributed by atoms with Crippen LogP contribution in [-0.2, 0) is 4.79 Å². The molecule has 1 aromatic rings. The first-order valence-electron chi connectivity index (χ1n) is 7.14. The molecule has 1 amide bonds. The molecule has 0 heterocycles. The summed E-state index contributed by atoms with van der Waals surface area (Å²) >= 11 is 0. The molecule has 2 N–H and O–H groups in total. The molecule has 3 nitrogen and oxygen atoms in total. The molecule has 0 aliphatic heterocycles. The second-order valence-electron chi connectivity index (χ2n) is 5.33. The molecule has 1 rings (SSSR count). The standard InChI is InChI=1S/C16H26N2O/c1-13(2)17-11-7-10-16(19)18-12-14(3)15-8-5-4-6-9-15/h4-6,8-9,13-14,17H,7,10-12H2,1-3H3,(H,18,19). The zero-order valence-electron chi connectivity index (χ0n) is 12.3. The molecule has 0 saturated carbocycles. The van der Waals surface area contributed by atoms with Crippen molar-refractivity contribution in [2.24, 2.45) is 0 Å². The third kappa shape index (κ3) is 6.97. The van der Waals surface area contributed by atoms with Gasteiger partial charge in [0.05, 0.1) is 0 Å². The average molecular weight is 262 g/mol. The zero-order chi connectivity index (χ0) is 14.1. The predicted octanol–water partition coefficient (Wildman–Crippen LogP) is 2.68. The molecule has 0 saturated heterocycles. The van der Waals surface area contributed by atoms with Gasteiger partial charge < -0.3 is 10.6 Å². The largest absolute Gasteiger partial charge is 0.356 e. The molecule has 0 aliphatic carbocycles. The molecule has 106 valence electrons. The number of carbonyl (C=O) groups is 1. The van der Waals surface area contributed by atoms with Crippen molar-refractivity contribution in [2.45, 2.75) is 45.6 Å². The molecule has 0 bridgehead atoms. The van der Waals surface area contributed by atoms with E-state index in [1.165, 1.54) is 5.56 Å². The van der Waals surface area contributed by atoms with Gasteiger partial charge in [0.1, 0.15) is 0 Å². The Bertz CT molecular complexity index is 362. The van der Waals surface area contributed by atoms with Gasteiger partial charge in [-0.25, -0.2) is 0 Å². The summed E-state index contributed by atoms with van der Waals surface area (Å²) in [7, 11) is 0. The molecule has 0 aliphatic rings. The van der Waals surface area contributed by atoms with Gasteiger partial charge in [0, 0.05) is 19.0 Å². The van der Waals surface area contributed by atoms with Crippen LogP contribution in [0.4, 0.5) is 0 Å². The van der Waals surface area contributed by atoms with E-state index in [4.69, 9.17) is 0 Å². The molecule has 3 heteroatoms. The predicted molar refractivity (Wildman–Crippen MR) is 80.2 cm³/mol. The molecule has 0 spiro atoms. The summed E-state index contributed by atoms with van der Waals surface area (Å²) in [6, 6.07) is 10.8. The Morgan fingerprint density at radius 1 is 1.16 bits per heavy atom. The fourth-order valence-electron chi connectivity index (χ4n) is 1.89. The van der Waals surface area contributed by atoms with E-state index in [0.29, 0.717) is 24.9 Å². The Balaban J connectivity index is 2.16. The first kappa shape index (κ1) is 15.7. The third-order valence-corrected chi connectivity index (χ3v) is 3.11. The van der Waals surface area contributed by atoms with E-state index in [0.717, 1.165) is 13.0 Å². The van der Waals surface area contributed by atoms with E-state index < -0.39 is 0 Å². The molecule has 1 aromatic carbocycles. The van der Waals surface area contributed by atoms with E-state index in [1.807, 2.05) is 18.2 Å². The van der Waals surface area contributed by atoms with Crippen LogP contribution in [0.1, 0.15) is 45.1 Å². The van der Waals surface area contributed by atoms with E-state index in [2.05, 4.69) is 43.5 Å². The molecular weight excluding hydrogens is 236 g/mol. The summed E-state index contributed by atoms with van der Waals surface area (Å²) in [6.45, 7) is 7.97. The quantitative estimate of drug-likeness (QED) is 0.707. The van der Waals surface area contributed by atoms with E-state index in [1.54, 1.807) is 0 Å². The van der Waals surface area contributed by atoms with Crippen molar-refractivity contribution < 1.29 is 4.79 Å². The second-order valence-corrected chi connectivity index (χ2v) is 5.33. The van der Waals surface area contributed by atoms with Crippen LogP contribution in [0.5, 0.6) is 0 Å². The van der Waals surface area contributed by atoms with Crippen LogP contribution in [0.3, 0.4) is 0 Å². The monoisotopic (exact) mass is 262 g/mol. The van der Waals surface area contributed by atoms with Crippen LogP contribution in [0.25, 0.3) is 0 Å². The van der Waals surface area contributed by atoms with Gasteiger partial charge >= 0.3 is 0 Å². The highest BCUT2D eigenvalue weighted by Crippen LogP contribution is 2.12. The summed E-state index contributed by atoms with van der Waals surface area (Å²) in [4.78, 5) is 11.7. The number of nitrogens with one attached hydrogen (secondary N) is 2. The van der Waals surface area contributed by atoms with Crippen molar-refractivity contribution in [3.8, 4) is 0 Å². The number of carbonyl (C=O) groups excluding carboxylic acids is 1. The smallest absolute Gasteiger partial charge is 0.220 e. The SMILES string of the molecule is CC(C)NCCCC(=O)NCC(C)c1ccccc1. The van der Waals surface area contributed by atoms with Gasteiger partial charge in [0.25, 0.3) is 0 Å². The van der Waals surface area contributed by atoms with Crippen LogP contribution in [-0.4, -0.2) is 25.0 Å². The van der Waals surface area contributed by atoms with E-state index >= 15 is 0 Å². The fourth-order valence-corrected chi connectivity index (χ4v) is 1.89. The highest BCUT2D eigenvalue weighted by atomic mass is 16.1. The Kier molecular flexibility index (Phi) is 7.19. The maximum Gasteiger partial charge on any atom is 0.220 e. The first-order valence-corrected chi connectivity index (χ1v) is 7.14. The van der Waals surface area contributed by atoms with Crippen LogP contribution in [0, 0.1) is 0 Å². The van der Waals surface area contributed by atoms with Gasteiger partial charge in [-0.05, 0) is 24.4 Å². The van der Waals surface area contributed by atoms with Crippen LogP contribution < -0.4 is 10.6 Å². The Morgan fingerprint density at radius 2 is 1.84 bits per heavy atom. The van der Waals surface area contributed by atoms with Crippen LogP contribution >= 0.6 is 0 Å². The van der Waals surface area contributed by atoms with Gasteiger partial charge in [0.15, 0.2) is 0 Å². The fraction of sp³-hybridized carbons (Fsp3) is 0.562. The van der Waals surface area contributed by atoms with E-state index in [9.17, 15) is 4.79 Å². The molecule has 0 radical (unpaired) electrons. The summed E-state index contributed by atoms with van der Waals surface area (Å²) in [6.07, 6.45) is 1.49. The van der Waals surface area contributed by atoms with Gasteiger partial charge in [-0.1, -0.05) is 51.1 Å². The molecule has 0 fully saturated rings. The minimum atomic E-state index is 0.147. The third-order valence-electron chi connectivity index (χ3n) is 3.11. The number of hydrogen-bond acceptors (Lipinski definition) is 2. The molecule has 1 atom stereocenters. The Labute approximate surface area is 116 Å². The van der Waals surface area contributed by atoms with Crippen molar-refractivity contribution in [1.29, 1.82) is 0 Å². The maximum absolute atomic E-state index is 11.7. The van der Waals surface area contributed by atoms with Gasteiger partial charge in [-0.15, -0.1) is 0 Å². The average Bonchev–Trinajstić information content (AvgIpc) is 2.41. The second kappa shape index (κ2) is 8.70. The first-order chi connectivity index (χ1) is 9.09. The summed E-state index contributed by atoms with van der Waals surface area (Å²) in [5.74, 6) is 0.507. The van der Waals surface area contributed by atoms with Gasteiger partial charge in [-0.3, -0.25) is 4.79 Å². The molecule has 1 unspecified atom stereocenters. The summed E-state index contributed by atoms with van der Waals surface area (Å²) in [5, 5.41) is 6.31. The van der Waals surface area contributed by atoms with Crippen molar-refractivity contribution in [3.05, 3.63) is 35.9 Å². The number of amides is 1. The minimum absolute atomic E-state index is 0.147. The Morgan fingerprint density at radius 3 is 2.47 bits per heavy atom. The summed E-state index contributed by atoms with van der Waals surface area (Å²) in [5.41, 5.74) is 1.27. The van der Waals surface area contributed by atoms with Crippen molar-refractivity contribution in [1.82, 2.24) is 10.6 Å². The summed E-state index contributed by atoms with van der Waals surface area (Å²) < 4.78 is 0. The lowest BCUT2D eigenvalue weighted by Gasteiger charge is -2.13. The van der Waals surface area contributed by atoms with Crippen molar-refractivity contribution in [3.63, 3.8) is 0 Å². The van der Waals surface area contributed by atoms with Gasteiger partial charge in [0.2, 0.25) is 5.91 Å². The lowest BCUT2D eigenvalue weighted by Crippen LogP contribution is -2.29. The highest BCUT2D eigenvalue weighted by Gasteiger charge is 2.07. The highest BCUT2D eigenvalue weighted by molar-refractivity contribution is 5.75. The van der Waals surface area contributed by atoms with Crippen LogP contribution in [0.2, 0.25) is 0 Å².